The molecule has 0 bridgehead atoms. The third-order valence-electron chi connectivity index (χ3n) is 2.77. The van der Waals surface area contributed by atoms with Gasteiger partial charge in [0, 0.05) is 5.71 Å². The van der Waals surface area contributed by atoms with E-state index in [1.165, 1.54) is 6.07 Å². The number of benzene rings is 1. The van der Waals surface area contributed by atoms with E-state index in [0.29, 0.717) is 11.3 Å². The summed E-state index contributed by atoms with van der Waals surface area (Å²) in [5, 5.41) is 9.85. The zero-order valence-electron chi connectivity index (χ0n) is 11.1. The number of aryl methyl sites for hydroxylation is 1. The summed E-state index contributed by atoms with van der Waals surface area (Å²) >= 11 is 0. The van der Waals surface area contributed by atoms with Crippen molar-refractivity contribution in [2.75, 3.05) is 0 Å². The summed E-state index contributed by atoms with van der Waals surface area (Å²) in [6.45, 7) is 8.95. The molecule has 0 aliphatic heterocycles. The van der Waals surface area contributed by atoms with E-state index in [1.54, 1.807) is 26.8 Å². The Morgan fingerprint density at radius 1 is 1.41 bits per heavy atom. The molecule has 0 saturated carbocycles. The van der Waals surface area contributed by atoms with E-state index in [9.17, 15) is 9.50 Å². The molecule has 17 heavy (non-hydrogen) atoms. The Balaban J connectivity index is 3.30. The van der Waals surface area contributed by atoms with Gasteiger partial charge in [-0.25, -0.2) is 4.39 Å². The Morgan fingerprint density at radius 2 is 2.00 bits per heavy atom. The predicted molar refractivity (Wildman–Crippen MR) is 69.4 cm³/mol. The first kappa shape index (κ1) is 13.8. The van der Waals surface area contributed by atoms with Crippen molar-refractivity contribution < 1.29 is 9.50 Å². The van der Waals surface area contributed by atoms with Gasteiger partial charge in [0.25, 0.3) is 0 Å². The van der Waals surface area contributed by atoms with E-state index in [-0.39, 0.29) is 5.82 Å². The molecule has 0 unspecified atom stereocenters. The van der Waals surface area contributed by atoms with Crippen LogP contribution in [-0.4, -0.2) is 10.8 Å². The second-order valence-corrected chi connectivity index (χ2v) is 4.88. The summed E-state index contributed by atoms with van der Waals surface area (Å²) in [4.78, 5) is 4.26. The van der Waals surface area contributed by atoms with Gasteiger partial charge < -0.3 is 5.11 Å². The Kier molecular flexibility index (Phi) is 4.04. The van der Waals surface area contributed by atoms with Crippen LogP contribution in [0.1, 0.15) is 45.2 Å². The van der Waals surface area contributed by atoms with E-state index in [0.717, 1.165) is 17.7 Å². The summed E-state index contributed by atoms with van der Waals surface area (Å²) in [7, 11) is 0. The molecule has 1 aromatic rings. The van der Waals surface area contributed by atoms with Crippen LogP contribution in [0.25, 0.3) is 0 Å². The van der Waals surface area contributed by atoms with Gasteiger partial charge in [-0.05, 0) is 51.3 Å². The Bertz CT molecular complexity index is 421. The van der Waals surface area contributed by atoms with Gasteiger partial charge in [0.05, 0.1) is 5.60 Å². The van der Waals surface area contributed by atoms with E-state index < -0.39 is 5.60 Å². The molecular weight excluding hydrogens is 217 g/mol. The SMILES string of the molecule is CCC(C)=Nc1c(C)cc(C(C)(C)O)cc1F. The van der Waals surface area contributed by atoms with Crippen LogP contribution in [0.2, 0.25) is 0 Å². The Labute approximate surface area is 102 Å². The molecule has 0 saturated heterocycles. The third-order valence-corrected chi connectivity index (χ3v) is 2.77. The maximum atomic E-state index is 13.9. The molecular formula is C14H20FNO. The lowest BCUT2D eigenvalue weighted by atomic mass is 9.96. The molecule has 0 amide bonds. The molecule has 0 aliphatic carbocycles. The first-order valence-electron chi connectivity index (χ1n) is 5.83. The number of aliphatic hydroxyl groups is 1. The molecule has 1 aromatic carbocycles. The monoisotopic (exact) mass is 237 g/mol. The van der Waals surface area contributed by atoms with Gasteiger partial charge in [0.2, 0.25) is 0 Å². The minimum absolute atomic E-state index is 0.373. The predicted octanol–water partition coefficient (Wildman–Crippen LogP) is 3.86. The Hall–Kier alpha value is -1.22. The van der Waals surface area contributed by atoms with Gasteiger partial charge in [-0.15, -0.1) is 0 Å². The molecule has 0 spiro atoms. The van der Waals surface area contributed by atoms with Crippen LogP contribution in [0, 0.1) is 12.7 Å². The lowest BCUT2D eigenvalue weighted by molar-refractivity contribution is 0.0782. The van der Waals surface area contributed by atoms with E-state index in [2.05, 4.69) is 4.99 Å². The van der Waals surface area contributed by atoms with Crippen LogP contribution >= 0.6 is 0 Å². The second kappa shape index (κ2) is 4.96. The van der Waals surface area contributed by atoms with Crippen molar-refractivity contribution in [1.29, 1.82) is 0 Å². The fourth-order valence-corrected chi connectivity index (χ4v) is 1.50. The molecule has 0 aliphatic rings. The molecule has 1 N–H and O–H groups in total. The lowest BCUT2D eigenvalue weighted by Gasteiger charge is -2.19. The highest BCUT2D eigenvalue weighted by Gasteiger charge is 2.19. The van der Waals surface area contributed by atoms with Crippen molar-refractivity contribution in [2.45, 2.75) is 46.6 Å². The largest absolute Gasteiger partial charge is 0.386 e. The van der Waals surface area contributed by atoms with Crippen LogP contribution in [0.4, 0.5) is 10.1 Å². The topological polar surface area (TPSA) is 32.6 Å². The quantitative estimate of drug-likeness (QED) is 0.795. The van der Waals surface area contributed by atoms with Gasteiger partial charge in [0.15, 0.2) is 0 Å². The maximum absolute atomic E-state index is 13.9. The summed E-state index contributed by atoms with van der Waals surface area (Å²) in [5.74, 6) is -0.380. The van der Waals surface area contributed by atoms with Crippen molar-refractivity contribution in [2.24, 2.45) is 4.99 Å². The molecule has 0 heterocycles. The average Bonchev–Trinajstić information content (AvgIpc) is 2.21. The third kappa shape index (κ3) is 3.37. The summed E-state index contributed by atoms with van der Waals surface area (Å²) < 4.78 is 13.9. The van der Waals surface area contributed by atoms with E-state index in [4.69, 9.17) is 0 Å². The van der Waals surface area contributed by atoms with Crippen molar-refractivity contribution in [3.05, 3.63) is 29.1 Å². The van der Waals surface area contributed by atoms with Crippen LogP contribution in [0.5, 0.6) is 0 Å². The smallest absolute Gasteiger partial charge is 0.149 e. The van der Waals surface area contributed by atoms with Gasteiger partial charge in [0.1, 0.15) is 11.5 Å². The van der Waals surface area contributed by atoms with Crippen LogP contribution < -0.4 is 0 Å². The lowest BCUT2D eigenvalue weighted by Crippen LogP contribution is -2.16. The second-order valence-electron chi connectivity index (χ2n) is 4.88. The van der Waals surface area contributed by atoms with E-state index in [1.807, 2.05) is 13.8 Å². The first-order chi connectivity index (χ1) is 7.75. The average molecular weight is 237 g/mol. The minimum Gasteiger partial charge on any atom is -0.386 e. The van der Waals surface area contributed by atoms with Crippen molar-refractivity contribution >= 4 is 11.4 Å². The number of hydrogen-bond donors (Lipinski definition) is 1. The van der Waals surface area contributed by atoms with Crippen molar-refractivity contribution in [1.82, 2.24) is 0 Å². The Morgan fingerprint density at radius 3 is 2.41 bits per heavy atom. The van der Waals surface area contributed by atoms with Gasteiger partial charge in [-0.1, -0.05) is 13.0 Å². The fourth-order valence-electron chi connectivity index (χ4n) is 1.50. The zero-order valence-corrected chi connectivity index (χ0v) is 11.1. The summed E-state index contributed by atoms with van der Waals surface area (Å²) in [5.41, 5.74) is 1.55. The summed E-state index contributed by atoms with van der Waals surface area (Å²) in [6.07, 6.45) is 0.798. The minimum atomic E-state index is -1.03. The highest BCUT2D eigenvalue weighted by atomic mass is 19.1. The molecule has 0 radical (unpaired) electrons. The standard InChI is InChI=1S/C14H20FNO/c1-6-10(3)16-13-9(2)7-11(8-12(13)15)14(4,5)17/h7-8,17H,6H2,1-5H3. The highest BCUT2D eigenvalue weighted by molar-refractivity contribution is 5.84. The van der Waals surface area contributed by atoms with Crippen LogP contribution in [-0.2, 0) is 5.60 Å². The normalized spacial score (nSPS) is 13.0. The number of rotatable bonds is 3. The molecule has 2 nitrogen and oxygen atoms in total. The van der Waals surface area contributed by atoms with E-state index >= 15 is 0 Å². The van der Waals surface area contributed by atoms with Crippen molar-refractivity contribution in [3.63, 3.8) is 0 Å². The molecule has 0 atom stereocenters. The fraction of sp³-hybridized carbons (Fsp3) is 0.500. The van der Waals surface area contributed by atoms with Gasteiger partial charge in [-0.2, -0.15) is 0 Å². The molecule has 3 heteroatoms. The molecule has 94 valence electrons. The number of hydrogen-bond acceptors (Lipinski definition) is 2. The molecule has 0 aromatic heterocycles. The highest BCUT2D eigenvalue weighted by Crippen LogP contribution is 2.29. The van der Waals surface area contributed by atoms with Crippen LogP contribution in [0.15, 0.2) is 17.1 Å². The number of nitrogens with zero attached hydrogens (tertiary/aromatic N) is 1. The number of halogens is 1. The van der Waals surface area contributed by atoms with Gasteiger partial charge in [-0.3, -0.25) is 4.99 Å². The maximum Gasteiger partial charge on any atom is 0.149 e. The number of aliphatic imine (C=N–C) groups is 1. The molecule has 1 rings (SSSR count). The zero-order chi connectivity index (χ0) is 13.2. The first-order valence-corrected chi connectivity index (χ1v) is 5.83. The van der Waals surface area contributed by atoms with Crippen molar-refractivity contribution in [3.8, 4) is 0 Å². The van der Waals surface area contributed by atoms with Crippen LogP contribution in [0.3, 0.4) is 0 Å². The van der Waals surface area contributed by atoms with Gasteiger partial charge >= 0.3 is 0 Å². The molecule has 0 fully saturated rings. The summed E-state index contributed by atoms with van der Waals surface area (Å²) in [6, 6.07) is 3.14.